The van der Waals surface area contributed by atoms with Gasteiger partial charge in [-0.3, -0.25) is 9.11 Å². The molecule has 0 aliphatic heterocycles. The largest absolute Gasteiger partial charge is 1.00 e. The Morgan fingerprint density at radius 1 is 0.469 bits per heavy atom. The molecule has 0 bridgehead atoms. The van der Waals surface area contributed by atoms with Crippen molar-refractivity contribution in [2.24, 2.45) is 40.9 Å². The molecule has 25 nitrogen and oxygen atoms in total. The number of methoxy groups -OCH3 is 2. The maximum Gasteiger partial charge on any atom is 1.00 e. The molecule has 8 aromatic carbocycles. The van der Waals surface area contributed by atoms with Crippen LogP contribution in [0.15, 0.2) is 160 Å². The number of anilines is 2. The van der Waals surface area contributed by atoms with Gasteiger partial charge in [0.15, 0.2) is 0 Å². The summed E-state index contributed by atoms with van der Waals surface area (Å²) in [4.78, 5) is 21.0. The number of ether oxygens (including phenoxy) is 2. The summed E-state index contributed by atoms with van der Waals surface area (Å²) in [6.07, 6.45) is 0. The van der Waals surface area contributed by atoms with Gasteiger partial charge in [0.05, 0.1) is 59.5 Å². The number of nitrogens with one attached hydrogen (secondary N) is 1. The van der Waals surface area contributed by atoms with Crippen molar-refractivity contribution in [3.8, 4) is 34.5 Å². The number of aromatic carboxylic acids is 2. The van der Waals surface area contributed by atoms with Gasteiger partial charge in [0, 0.05) is 23.5 Å². The summed E-state index contributed by atoms with van der Waals surface area (Å²) in [5.74, 6) is -6.10. The molecule has 0 aliphatic rings. The van der Waals surface area contributed by atoms with Crippen molar-refractivity contribution in [1.29, 1.82) is 0 Å². The van der Waals surface area contributed by atoms with Gasteiger partial charge in [0.2, 0.25) is 0 Å². The van der Waals surface area contributed by atoms with Gasteiger partial charge in [-0.25, -0.2) is 9.59 Å². The van der Waals surface area contributed by atoms with E-state index in [9.17, 15) is 66.2 Å². The number of nitrogens with zero attached hydrogens (tertiary/aromatic N) is 8. The van der Waals surface area contributed by atoms with Crippen LogP contribution in [0.4, 0.5) is 56.9 Å². The number of carboxylic acid groups (broad SMARTS) is 2. The maximum atomic E-state index is 13.9. The number of azo groups is 4. The zero-order chi connectivity index (χ0) is 55.7. The fraction of sp³-hybridized carbons (Fsp3) is 0.0800. The Balaban J connectivity index is 0.00000353. The first-order valence-corrected chi connectivity index (χ1v) is 24.7. The number of hydrogen-bond donors (Lipinski definition) is 5. The second-order valence-electron chi connectivity index (χ2n) is 16.4. The van der Waals surface area contributed by atoms with Crippen LogP contribution in [-0.4, -0.2) is 62.3 Å². The number of aryl methyl sites for hydroxylation is 2. The molecule has 0 saturated carbocycles. The van der Waals surface area contributed by atoms with Crippen LogP contribution in [0.5, 0.6) is 34.5 Å². The maximum absolute atomic E-state index is 13.9. The first kappa shape index (κ1) is 67.5. The van der Waals surface area contributed by atoms with Crippen LogP contribution >= 0.6 is 0 Å². The molecule has 0 atom stereocenters. The van der Waals surface area contributed by atoms with Gasteiger partial charge < -0.3 is 45.4 Å². The molecule has 0 radical (unpaired) electrons. The van der Waals surface area contributed by atoms with Gasteiger partial charge in [-0.1, -0.05) is 47.3 Å². The van der Waals surface area contributed by atoms with E-state index in [0.717, 1.165) is 36.4 Å². The van der Waals surface area contributed by atoms with E-state index in [-0.39, 0.29) is 197 Å². The molecule has 0 saturated heterocycles. The third-order valence-corrected chi connectivity index (χ3v) is 13.1. The van der Waals surface area contributed by atoms with E-state index in [2.05, 4.69) is 46.2 Å². The molecule has 31 heteroatoms. The van der Waals surface area contributed by atoms with E-state index in [1.807, 2.05) is 0 Å². The van der Waals surface area contributed by atoms with Gasteiger partial charge in [-0.2, -0.15) is 37.3 Å². The quantitative estimate of drug-likeness (QED) is 0.0406. The van der Waals surface area contributed by atoms with Crippen molar-refractivity contribution in [2.75, 3.05) is 19.5 Å². The molecular weight excluding hydrogens is 1140 g/mol. The summed E-state index contributed by atoms with van der Waals surface area (Å²) in [5.41, 5.74) is -0.529. The van der Waals surface area contributed by atoms with Crippen LogP contribution in [0.25, 0.3) is 21.5 Å². The third-order valence-electron chi connectivity index (χ3n) is 11.4. The number of rotatable bonds is 16. The molecule has 0 aromatic heterocycles. The SMILES string of the molecule is COc1cc(N=Nc2ccc([O-])c(C(=O)O)c2)c(C)cc1N=Nc1c(S(=O)(=O)O)cc2cc(Nc3ccc4c([O-])c(N=Nc5cc(C)c(N=Nc6ccc([O-])c(C(=O)O)c6)cc5OC)c(S(=O)(=O)O)cc4c3)ccc2c1[O-].[Na+].[Na+].[Na+].[Na+]. The molecule has 0 unspecified atom stereocenters. The first-order chi connectivity index (χ1) is 36.4. The van der Waals surface area contributed by atoms with Crippen LogP contribution in [0.1, 0.15) is 31.8 Å². The second-order valence-corrected chi connectivity index (χ2v) is 19.2. The van der Waals surface area contributed by atoms with E-state index in [1.165, 1.54) is 87.0 Å². The Morgan fingerprint density at radius 3 is 1.16 bits per heavy atom. The monoisotopic (exact) mass is 1170 g/mol. The fourth-order valence-electron chi connectivity index (χ4n) is 7.53. The number of benzene rings is 8. The zero-order valence-electron chi connectivity index (χ0n) is 44.0. The molecule has 8 rings (SSSR count). The molecule has 0 spiro atoms. The average molecular weight is 1170 g/mol. The minimum atomic E-state index is -5.13. The number of hydrogen-bond acceptors (Lipinski definition) is 21. The van der Waals surface area contributed by atoms with Gasteiger partial charge in [0.25, 0.3) is 20.2 Å². The Bertz CT molecular complexity index is 3910. The minimum Gasteiger partial charge on any atom is -0.872 e. The number of fused-ring (bicyclic) bond motifs is 2. The van der Waals surface area contributed by atoms with Gasteiger partial charge in [-0.15, -0.1) is 20.5 Å². The van der Waals surface area contributed by atoms with Crippen LogP contribution in [-0.2, 0) is 20.2 Å². The average Bonchev–Trinajstić information content (AvgIpc) is 3.41. The summed E-state index contributed by atoms with van der Waals surface area (Å²) in [7, 11) is -7.69. The molecule has 0 fully saturated rings. The van der Waals surface area contributed by atoms with Gasteiger partial charge in [-0.05, 0) is 119 Å². The number of carboxylic acids is 2. The molecule has 0 amide bonds. The molecule has 0 heterocycles. The van der Waals surface area contributed by atoms with Gasteiger partial charge in [0.1, 0.15) is 32.7 Å². The number of carbonyl (C=O) groups is 2. The third kappa shape index (κ3) is 15.4. The van der Waals surface area contributed by atoms with E-state index in [0.29, 0.717) is 11.1 Å². The first-order valence-electron chi connectivity index (χ1n) is 21.8. The molecular formula is C50H35N9Na4O16S2. The zero-order valence-corrected chi connectivity index (χ0v) is 53.6. The van der Waals surface area contributed by atoms with Crippen molar-refractivity contribution in [2.45, 2.75) is 23.6 Å². The van der Waals surface area contributed by atoms with E-state index in [1.54, 1.807) is 13.8 Å². The fourth-order valence-corrected chi connectivity index (χ4v) is 8.84. The molecule has 0 aliphatic carbocycles. The van der Waals surface area contributed by atoms with Crippen LogP contribution in [0.2, 0.25) is 0 Å². The molecule has 392 valence electrons. The standard InChI is InChI=1S/C50H39N9O16S2.4Na/c1-23-13-37(41(74-3)21-35(23)54-52-29-7-11-39(60)33(19-29)49(64)65)56-58-45-43(76(68,69)70)17-25-15-27(5-9-31(25)47(45)62)51-28-6-10-32-26(16-28)18-44(77(71,72)73)46(48(32)63)59-57-38-14-24(2)36(22-42(38)75-4)55-53-30-8-12-40(61)34(20-30)50(66)67;;;;/h5-22,51,60-63H,1-4H3,(H,64,65)(H,66,67)(H,68,69,70)(H,71,72,73);;;;/q;4*+1/p-4. The Labute approximate surface area is 548 Å². The Hall–Kier alpha value is -5.96. The van der Waals surface area contributed by atoms with E-state index >= 15 is 0 Å². The van der Waals surface area contributed by atoms with Crippen molar-refractivity contribution in [3.05, 3.63) is 131 Å². The van der Waals surface area contributed by atoms with Crippen molar-refractivity contribution < 1.29 is 194 Å². The predicted molar refractivity (Wildman–Crippen MR) is 268 cm³/mol. The normalized spacial score (nSPS) is 11.6. The summed E-state index contributed by atoms with van der Waals surface area (Å²) in [6, 6.07) is 22.7. The van der Waals surface area contributed by atoms with E-state index < -0.39 is 87.5 Å². The summed E-state index contributed by atoms with van der Waals surface area (Å²) < 4.78 is 82.3. The molecule has 81 heavy (non-hydrogen) atoms. The molecule has 8 aromatic rings. The Morgan fingerprint density at radius 2 is 0.827 bits per heavy atom. The van der Waals surface area contributed by atoms with Crippen molar-refractivity contribution in [3.63, 3.8) is 0 Å². The minimum absolute atomic E-state index is 0. The molecule has 5 N–H and O–H groups in total. The summed E-state index contributed by atoms with van der Waals surface area (Å²) >= 11 is 0. The van der Waals surface area contributed by atoms with E-state index in [4.69, 9.17) is 9.47 Å². The Kier molecular flexibility index (Phi) is 23.2. The summed E-state index contributed by atoms with van der Waals surface area (Å²) in [5, 5.41) is 105. The predicted octanol–water partition coefficient (Wildman–Crippen LogP) is -1.77. The van der Waals surface area contributed by atoms with Gasteiger partial charge >= 0.3 is 130 Å². The second kappa shape index (κ2) is 27.9. The van der Waals surface area contributed by atoms with Crippen molar-refractivity contribution in [1.82, 2.24) is 0 Å². The van der Waals surface area contributed by atoms with Crippen LogP contribution in [0, 0.1) is 13.8 Å². The topological polar surface area (TPSA) is 405 Å². The smallest absolute Gasteiger partial charge is 0.872 e. The van der Waals surface area contributed by atoms with Crippen LogP contribution in [0.3, 0.4) is 0 Å². The summed E-state index contributed by atoms with van der Waals surface area (Å²) in [6.45, 7) is 3.20. The van der Waals surface area contributed by atoms with Crippen molar-refractivity contribution >= 4 is 111 Å². The van der Waals surface area contributed by atoms with Crippen LogP contribution < -0.4 is 153 Å².